The van der Waals surface area contributed by atoms with Crippen LogP contribution in [0, 0.1) is 5.92 Å². The minimum absolute atomic E-state index is 0.0813. The summed E-state index contributed by atoms with van der Waals surface area (Å²) in [4.78, 5) is 12.9. The van der Waals surface area contributed by atoms with E-state index in [1.807, 2.05) is 32.0 Å². The Bertz CT molecular complexity index is 1040. The Hall–Kier alpha value is -3.22. The first kappa shape index (κ1) is 17.2. The third-order valence-corrected chi connectivity index (χ3v) is 4.71. The first-order chi connectivity index (χ1) is 13.1. The van der Waals surface area contributed by atoms with Gasteiger partial charge in [-0.25, -0.2) is 4.79 Å². The lowest BCUT2D eigenvalue weighted by Crippen LogP contribution is -2.32. The molecule has 3 aromatic rings. The molecule has 2 aromatic carbocycles. The molecule has 0 spiro atoms. The Kier molecular flexibility index (Phi) is 4.35. The van der Waals surface area contributed by atoms with Crippen LogP contribution in [0.2, 0.25) is 0 Å². The molecule has 0 fully saturated rings. The van der Waals surface area contributed by atoms with Crippen LogP contribution in [0.15, 0.2) is 53.7 Å². The number of tetrazole rings is 1. The highest BCUT2D eigenvalue weighted by atomic mass is 16.5. The minimum atomic E-state index is -0.447. The van der Waals surface area contributed by atoms with Crippen molar-refractivity contribution < 1.29 is 9.53 Å². The van der Waals surface area contributed by atoms with Crippen molar-refractivity contribution in [2.24, 2.45) is 5.92 Å². The van der Waals surface area contributed by atoms with Gasteiger partial charge in [-0.1, -0.05) is 55.3 Å². The van der Waals surface area contributed by atoms with Gasteiger partial charge in [0.1, 0.15) is 6.04 Å². The van der Waals surface area contributed by atoms with E-state index in [9.17, 15) is 4.79 Å². The van der Waals surface area contributed by atoms with E-state index in [0.717, 1.165) is 22.0 Å². The van der Waals surface area contributed by atoms with E-state index in [-0.39, 0.29) is 11.9 Å². The summed E-state index contributed by atoms with van der Waals surface area (Å²) >= 11 is 0. The molecule has 27 heavy (non-hydrogen) atoms. The van der Waals surface area contributed by atoms with Crippen molar-refractivity contribution >= 4 is 22.7 Å². The number of carbonyl (C=O) groups excluding carboxylic acids is 1. The second-order valence-electron chi connectivity index (χ2n) is 6.78. The van der Waals surface area contributed by atoms with E-state index in [1.165, 1.54) is 0 Å². The molecule has 0 aliphatic carbocycles. The highest BCUT2D eigenvalue weighted by Gasteiger charge is 2.37. The van der Waals surface area contributed by atoms with E-state index < -0.39 is 6.04 Å². The molecular formula is C20H21N5O2. The summed E-state index contributed by atoms with van der Waals surface area (Å²) in [5.74, 6) is 0.246. The number of allylic oxidation sites excluding steroid dienone is 1. The fourth-order valence-corrected chi connectivity index (χ4v) is 3.48. The molecule has 2 heterocycles. The van der Waals surface area contributed by atoms with Gasteiger partial charge in [0.05, 0.1) is 12.2 Å². The van der Waals surface area contributed by atoms with Crippen molar-refractivity contribution in [1.82, 2.24) is 20.2 Å². The maximum atomic E-state index is 12.9. The number of fused-ring (bicyclic) bond motifs is 2. The number of carbonyl (C=O) groups is 1. The summed E-state index contributed by atoms with van der Waals surface area (Å²) in [6.07, 6.45) is 0. The monoisotopic (exact) mass is 363 g/mol. The molecule has 7 nitrogen and oxygen atoms in total. The van der Waals surface area contributed by atoms with Crippen molar-refractivity contribution in [3.05, 3.63) is 59.3 Å². The van der Waals surface area contributed by atoms with Gasteiger partial charge in [-0.2, -0.15) is 4.68 Å². The van der Waals surface area contributed by atoms with Gasteiger partial charge >= 0.3 is 5.97 Å². The lowest BCUT2D eigenvalue weighted by atomic mass is 9.90. The van der Waals surface area contributed by atoms with Gasteiger partial charge in [0.2, 0.25) is 5.95 Å². The van der Waals surface area contributed by atoms with Crippen molar-refractivity contribution in [2.75, 3.05) is 11.9 Å². The number of aromatic nitrogens is 4. The third-order valence-electron chi connectivity index (χ3n) is 4.71. The summed E-state index contributed by atoms with van der Waals surface area (Å²) in [5, 5.41) is 17.4. The van der Waals surface area contributed by atoms with E-state index in [4.69, 9.17) is 4.74 Å². The predicted molar refractivity (Wildman–Crippen MR) is 102 cm³/mol. The lowest BCUT2D eigenvalue weighted by molar-refractivity contribution is -0.139. The quantitative estimate of drug-likeness (QED) is 0.716. The summed E-state index contributed by atoms with van der Waals surface area (Å²) in [5.41, 5.74) is 2.26. The molecule has 1 aliphatic rings. The molecule has 1 aromatic heterocycles. The largest absolute Gasteiger partial charge is 0.463 e. The molecule has 138 valence electrons. The summed E-state index contributed by atoms with van der Waals surface area (Å²) in [7, 11) is 0. The smallest absolute Gasteiger partial charge is 0.338 e. The Morgan fingerprint density at radius 1 is 1.22 bits per heavy atom. The van der Waals surface area contributed by atoms with Crippen molar-refractivity contribution in [1.29, 1.82) is 0 Å². The van der Waals surface area contributed by atoms with Crippen LogP contribution in [0.1, 0.15) is 32.4 Å². The van der Waals surface area contributed by atoms with Crippen LogP contribution in [-0.2, 0) is 9.53 Å². The zero-order valence-corrected chi connectivity index (χ0v) is 15.5. The molecule has 0 radical (unpaired) electrons. The normalized spacial score (nSPS) is 16.4. The SMILES string of the molecule is CCOC(=O)C1=C(C(C)C)Nc2nnnn2C1c1ccc2ccccc2c1. The average Bonchev–Trinajstić information content (AvgIpc) is 3.14. The molecular weight excluding hydrogens is 342 g/mol. The van der Waals surface area contributed by atoms with Gasteiger partial charge < -0.3 is 10.1 Å². The molecule has 1 atom stereocenters. The second-order valence-corrected chi connectivity index (χ2v) is 6.78. The lowest BCUT2D eigenvalue weighted by Gasteiger charge is -2.30. The van der Waals surface area contributed by atoms with Crippen LogP contribution in [0.5, 0.6) is 0 Å². The highest BCUT2D eigenvalue weighted by Crippen LogP contribution is 2.38. The van der Waals surface area contributed by atoms with E-state index >= 15 is 0 Å². The number of nitrogens with one attached hydrogen (secondary N) is 1. The Morgan fingerprint density at radius 2 is 2.00 bits per heavy atom. The standard InChI is InChI=1S/C20H21N5O2/c1-4-27-19(26)16-17(12(2)3)21-20-22-23-24-25(20)18(16)15-10-9-13-7-5-6-8-14(13)11-15/h5-12,18H,4H2,1-3H3,(H,21,22,24). The van der Waals surface area contributed by atoms with E-state index in [0.29, 0.717) is 18.1 Å². The number of ether oxygens (including phenoxy) is 1. The zero-order chi connectivity index (χ0) is 19.0. The van der Waals surface area contributed by atoms with Crippen molar-refractivity contribution in [3.8, 4) is 0 Å². The maximum Gasteiger partial charge on any atom is 0.338 e. The molecule has 0 bridgehead atoms. The minimum Gasteiger partial charge on any atom is -0.463 e. The van der Waals surface area contributed by atoms with Crippen LogP contribution in [-0.4, -0.2) is 32.8 Å². The first-order valence-electron chi connectivity index (χ1n) is 9.05. The van der Waals surface area contributed by atoms with Crippen LogP contribution in [0.3, 0.4) is 0 Å². The van der Waals surface area contributed by atoms with Gasteiger partial charge in [0, 0.05) is 5.70 Å². The Morgan fingerprint density at radius 3 is 2.74 bits per heavy atom. The van der Waals surface area contributed by atoms with Gasteiger partial charge in [-0.15, -0.1) is 0 Å². The maximum absolute atomic E-state index is 12.9. The number of benzene rings is 2. The van der Waals surface area contributed by atoms with Crippen LogP contribution < -0.4 is 5.32 Å². The molecule has 0 saturated carbocycles. The topological polar surface area (TPSA) is 81.9 Å². The van der Waals surface area contributed by atoms with Crippen molar-refractivity contribution in [3.63, 3.8) is 0 Å². The molecule has 1 N–H and O–H groups in total. The summed E-state index contributed by atoms with van der Waals surface area (Å²) in [6, 6.07) is 13.8. The third kappa shape index (κ3) is 2.95. The highest BCUT2D eigenvalue weighted by molar-refractivity contribution is 5.93. The zero-order valence-electron chi connectivity index (χ0n) is 15.5. The van der Waals surface area contributed by atoms with Gasteiger partial charge in [-0.3, -0.25) is 0 Å². The Labute approximate surface area is 157 Å². The predicted octanol–water partition coefficient (Wildman–Crippen LogP) is 3.31. The molecule has 4 rings (SSSR count). The number of anilines is 1. The van der Waals surface area contributed by atoms with Crippen molar-refractivity contribution in [2.45, 2.75) is 26.8 Å². The molecule has 0 amide bonds. The van der Waals surface area contributed by atoms with Crippen LogP contribution in [0.4, 0.5) is 5.95 Å². The number of esters is 1. The number of nitrogens with zero attached hydrogens (tertiary/aromatic N) is 4. The van der Waals surface area contributed by atoms with Gasteiger partial charge in [0.15, 0.2) is 0 Å². The molecule has 1 aliphatic heterocycles. The van der Waals surface area contributed by atoms with E-state index in [1.54, 1.807) is 11.6 Å². The summed E-state index contributed by atoms with van der Waals surface area (Å²) < 4.78 is 7.01. The Balaban J connectivity index is 1.94. The fourth-order valence-electron chi connectivity index (χ4n) is 3.48. The first-order valence-corrected chi connectivity index (χ1v) is 9.05. The number of hydrogen-bond acceptors (Lipinski definition) is 6. The molecule has 7 heteroatoms. The molecule has 0 saturated heterocycles. The summed E-state index contributed by atoms with van der Waals surface area (Å²) in [6.45, 7) is 6.16. The van der Waals surface area contributed by atoms with Gasteiger partial charge in [0.25, 0.3) is 0 Å². The number of rotatable bonds is 4. The average molecular weight is 363 g/mol. The fraction of sp³-hybridized carbons (Fsp3) is 0.300. The second kappa shape index (κ2) is 6.83. The van der Waals surface area contributed by atoms with Crippen LogP contribution >= 0.6 is 0 Å². The van der Waals surface area contributed by atoms with Gasteiger partial charge in [-0.05, 0) is 45.7 Å². The van der Waals surface area contributed by atoms with Crippen LogP contribution in [0.25, 0.3) is 10.8 Å². The van der Waals surface area contributed by atoms with E-state index in [2.05, 4.69) is 45.1 Å². The number of hydrogen-bond donors (Lipinski definition) is 1. The molecule has 1 unspecified atom stereocenters.